The van der Waals surface area contributed by atoms with E-state index in [0.29, 0.717) is 5.75 Å². The molecule has 10 nitrogen and oxygen atoms in total. The van der Waals surface area contributed by atoms with Crippen LogP contribution in [0.5, 0.6) is 5.75 Å². The summed E-state index contributed by atoms with van der Waals surface area (Å²) >= 11 is 0. The van der Waals surface area contributed by atoms with E-state index in [1.54, 1.807) is 31.4 Å². The molecule has 0 radical (unpaired) electrons. The van der Waals surface area contributed by atoms with E-state index < -0.39 is 45.8 Å². The van der Waals surface area contributed by atoms with Gasteiger partial charge in [0.15, 0.2) is 0 Å². The Morgan fingerprint density at radius 3 is 2.23 bits per heavy atom. The quantitative estimate of drug-likeness (QED) is 0.484. The number of amides is 2. The summed E-state index contributed by atoms with van der Waals surface area (Å²) in [4.78, 5) is 36.8. The van der Waals surface area contributed by atoms with Crippen LogP contribution < -0.4 is 15.4 Å². The molecule has 1 aliphatic heterocycles. The molecule has 0 aromatic heterocycles. The smallest absolute Gasteiger partial charge is 0.328 e. The molecule has 166 valence electrons. The summed E-state index contributed by atoms with van der Waals surface area (Å²) in [6.45, 7) is 1.66. The first-order valence-electron chi connectivity index (χ1n) is 9.31. The molecule has 0 aliphatic carbocycles. The van der Waals surface area contributed by atoms with E-state index in [2.05, 4.69) is 10.6 Å². The van der Waals surface area contributed by atoms with Gasteiger partial charge in [0.2, 0.25) is 21.8 Å². The molecule has 1 aliphatic rings. The summed E-state index contributed by atoms with van der Waals surface area (Å²) in [5, 5.41) is 5.15. The zero-order valence-corrected chi connectivity index (χ0v) is 18.2. The van der Waals surface area contributed by atoms with Gasteiger partial charge in [0.05, 0.1) is 26.4 Å². The maximum atomic E-state index is 12.5. The third-order valence-electron chi connectivity index (χ3n) is 4.84. The second-order valence-corrected chi connectivity index (χ2v) is 9.13. The lowest BCUT2D eigenvalue weighted by Gasteiger charge is -2.36. The highest BCUT2D eigenvalue weighted by molar-refractivity contribution is 7.88. The average molecular weight is 442 g/mol. The fraction of sp³-hybridized carbons (Fsp3) is 0.526. The number of nitrogens with one attached hydrogen (secondary N) is 2. The lowest BCUT2D eigenvalue weighted by atomic mass is 10.0. The molecule has 2 amide bonds. The van der Waals surface area contributed by atoms with Gasteiger partial charge in [-0.05, 0) is 24.6 Å². The average Bonchev–Trinajstić information content (AvgIpc) is 2.64. The number of esters is 1. The van der Waals surface area contributed by atoms with Crippen molar-refractivity contribution in [3.63, 3.8) is 0 Å². The fourth-order valence-electron chi connectivity index (χ4n) is 2.90. The first-order valence-corrected chi connectivity index (χ1v) is 11.2. The van der Waals surface area contributed by atoms with Gasteiger partial charge in [0.25, 0.3) is 0 Å². The molecule has 1 aromatic rings. The molecule has 11 heteroatoms. The summed E-state index contributed by atoms with van der Waals surface area (Å²) in [6, 6.07) is 5.19. The SMILES string of the molecule is COC(=O)[C@H](Cc1ccc(OC)cc1)NC(=O)[C@H](C)NC(=O)C1CN(S(C)(=O)=O)C1. The van der Waals surface area contributed by atoms with E-state index in [-0.39, 0.29) is 19.5 Å². The number of hydrogen-bond donors (Lipinski definition) is 2. The Kier molecular flexibility index (Phi) is 7.79. The van der Waals surface area contributed by atoms with Crippen molar-refractivity contribution >= 4 is 27.8 Å². The van der Waals surface area contributed by atoms with Crippen LogP contribution in [0.15, 0.2) is 24.3 Å². The van der Waals surface area contributed by atoms with Crippen LogP contribution >= 0.6 is 0 Å². The van der Waals surface area contributed by atoms with E-state index >= 15 is 0 Å². The van der Waals surface area contributed by atoms with Gasteiger partial charge in [-0.2, -0.15) is 0 Å². The third-order valence-corrected chi connectivity index (χ3v) is 6.08. The van der Waals surface area contributed by atoms with Crippen LogP contribution in [0.3, 0.4) is 0 Å². The van der Waals surface area contributed by atoms with Crippen molar-refractivity contribution in [3.05, 3.63) is 29.8 Å². The normalized spacial score (nSPS) is 16.7. The number of carbonyl (C=O) groups excluding carboxylic acids is 3. The van der Waals surface area contributed by atoms with Gasteiger partial charge >= 0.3 is 5.97 Å². The van der Waals surface area contributed by atoms with Crippen molar-refractivity contribution in [2.24, 2.45) is 5.92 Å². The number of rotatable bonds is 9. The van der Waals surface area contributed by atoms with Gasteiger partial charge in [0, 0.05) is 19.5 Å². The van der Waals surface area contributed by atoms with Crippen molar-refractivity contribution in [1.29, 1.82) is 0 Å². The summed E-state index contributed by atoms with van der Waals surface area (Å²) in [5.41, 5.74) is 0.790. The zero-order chi connectivity index (χ0) is 22.5. The van der Waals surface area contributed by atoms with Crippen molar-refractivity contribution in [2.45, 2.75) is 25.4 Å². The number of nitrogens with zero attached hydrogens (tertiary/aromatic N) is 1. The van der Waals surface area contributed by atoms with Gasteiger partial charge in [-0.1, -0.05) is 12.1 Å². The highest BCUT2D eigenvalue weighted by Gasteiger charge is 2.38. The van der Waals surface area contributed by atoms with E-state index in [4.69, 9.17) is 9.47 Å². The molecule has 2 N–H and O–H groups in total. The number of methoxy groups -OCH3 is 2. The Hall–Kier alpha value is -2.66. The number of hydrogen-bond acceptors (Lipinski definition) is 7. The number of benzene rings is 1. The third kappa shape index (κ3) is 6.17. The lowest BCUT2D eigenvalue weighted by molar-refractivity contribution is -0.145. The molecule has 30 heavy (non-hydrogen) atoms. The minimum atomic E-state index is -3.33. The van der Waals surface area contributed by atoms with Crippen molar-refractivity contribution in [3.8, 4) is 5.75 Å². The molecule has 0 spiro atoms. The molecule has 1 fully saturated rings. The predicted octanol–water partition coefficient (Wildman–Crippen LogP) is -0.708. The molecular formula is C19H27N3O7S. The van der Waals surface area contributed by atoms with Crippen LogP contribution in [-0.4, -0.2) is 76.2 Å². The van der Waals surface area contributed by atoms with Crippen molar-refractivity contribution in [2.75, 3.05) is 33.6 Å². The predicted molar refractivity (Wildman–Crippen MR) is 108 cm³/mol. The number of sulfonamides is 1. The second-order valence-electron chi connectivity index (χ2n) is 7.14. The van der Waals surface area contributed by atoms with Crippen molar-refractivity contribution < 1.29 is 32.3 Å². The minimum Gasteiger partial charge on any atom is -0.497 e. The largest absolute Gasteiger partial charge is 0.497 e. The topological polar surface area (TPSA) is 131 Å². The van der Waals surface area contributed by atoms with E-state index in [1.165, 1.54) is 18.3 Å². The number of carbonyl (C=O) groups is 3. The molecular weight excluding hydrogens is 414 g/mol. The molecule has 0 saturated carbocycles. The zero-order valence-electron chi connectivity index (χ0n) is 17.4. The Balaban J connectivity index is 1.92. The Morgan fingerprint density at radius 1 is 1.13 bits per heavy atom. The highest BCUT2D eigenvalue weighted by Crippen LogP contribution is 2.19. The van der Waals surface area contributed by atoms with Gasteiger partial charge in [-0.25, -0.2) is 17.5 Å². The molecule has 1 saturated heterocycles. The van der Waals surface area contributed by atoms with Crippen molar-refractivity contribution in [1.82, 2.24) is 14.9 Å². The van der Waals surface area contributed by atoms with E-state index in [0.717, 1.165) is 11.8 Å². The molecule has 2 rings (SSSR count). The minimum absolute atomic E-state index is 0.0846. The van der Waals surface area contributed by atoms with Gasteiger partial charge in [-0.15, -0.1) is 0 Å². The summed E-state index contributed by atoms with van der Waals surface area (Å²) in [5.74, 6) is -1.42. The van der Waals surface area contributed by atoms with Crippen LogP contribution in [0.4, 0.5) is 0 Å². The highest BCUT2D eigenvalue weighted by atomic mass is 32.2. The Labute approximate surface area is 176 Å². The number of ether oxygens (including phenoxy) is 2. The Bertz CT molecular complexity index is 880. The first kappa shape index (κ1) is 23.6. The van der Waals surface area contributed by atoms with Gasteiger partial charge < -0.3 is 20.1 Å². The second kappa shape index (κ2) is 9.90. The molecule has 0 bridgehead atoms. The summed E-state index contributed by atoms with van der Waals surface area (Å²) in [6.07, 6.45) is 1.28. The molecule has 2 atom stereocenters. The summed E-state index contributed by atoms with van der Waals surface area (Å²) < 4.78 is 33.8. The van der Waals surface area contributed by atoms with Crippen LogP contribution in [-0.2, 0) is 35.6 Å². The van der Waals surface area contributed by atoms with Crippen LogP contribution in [0.25, 0.3) is 0 Å². The van der Waals surface area contributed by atoms with Gasteiger partial charge in [0.1, 0.15) is 17.8 Å². The first-order chi connectivity index (χ1) is 14.0. The maximum Gasteiger partial charge on any atom is 0.328 e. The maximum absolute atomic E-state index is 12.5. The summed E-state index contributed by atoms with van der Waals surface area (Å²) in [7, 11) is -0.552. The van der Waals surface area contributed by atoms with Crippen LogP contribution in [0.2, 0.25) is 0 Å². The fourth-order valence-corrected chi connectivity index (χ4v) is 3.80. The lowest BCUT2D eigenvalue weighted by Crippen LogP contribution is -2.58. The van der Waals surface area contributed by atoms with Crippen LogP contribution in [0.1, 0.15) is 12.5 Å². The van der Waals surface area contributed by atoms with E-state index in [1.807, 2.05) is 0 Å². The molecule has 1 heterocycles. The standard InChI is InChI=1S/C19H27N3O7S/c1-12(20-18(24)14-10-22(11-14)30(4,26)27)17(23)21-16(19(25)29-3)9-13-5-7-15(28-2)8-6-13/h5-8,12,14,16H,9-11H2,1-4H3,(H,20,24)(H,21,23)/t12-,16-/m0/s1. The Morgan fingerprint density at radius 2 is 1.73 bits per heavy atom. The van der Waals surface area contributed by atoms with E-state index in [9.17, 15) is 22.8 Å². The molecule has 1 aromatic carbocycles. The monoisotopic (exact) mass is 441 g/mol. The van der Waals surface area contributed by atoms with Crippen LogP contribution in [0, 0.1) is 5.92 Å². The molecule has 0 unspecified atom stereocenters. The van der Waals surface area contributed by atoms with Gasteiger partial charge in [-0.3, -0.25) is 9.59 Å².